The van der Waals surface area contributed by atoms with Crippen LogP contribution in [0.5, 0.6) is 0 Å². The van der Waals surface area contributed by atoms with Gasteiger partial charge in [-0.25, -0.2) is 0 Å². The molecule has 0 saturated carbocycles. The van der Waals surface area contributed by atoms with E-state index in [9.17, 15) is 4.79 Å². The first-order chi connectivity index (χ1) is 5.75. The number of carbonyl (C=O) groups is 1. The number of carbonyl (C=O) groups excluding carboxylic acids is 1. The Bertz CT molecular complexity index is 256. The lowest BCUT2D eigenvalue weighted by atomic mass is 9.97. The van der Waals surface area contributed by atoms with E-state index in [4.69, 9.17) is 0 Å². The summed E-state index contributed by atoms with van der Waals surface area (Å²) in [7, 11) is 0. The van der Waals surface area contributed by atoms with Crippen LogP contribution in [0.15, 0.2) is 24.5 Å². The maximum Gasteiger partial charge on any atom is 0.139 e. The third kappa shape index (κ3) is 1.91. The van der Waals surface area contributed by atoms with Gasteiger partial charge in [-0.15, -0.1) is 0 Å². The number of aromatic nitrogens is 1. The van der Waals surface area contributed by atoms with Gasteiger partial charge in [0.15, 0.2) is 0 Å². The molecular formula is C10H13NO. The molecular weight excluding hydrogens is 150 g/mol. The first kappa shape index (κ1) is 8.91. The SMILES string of the molecule is CCC(=O)C(C)c1cccnc1. The van der Waals surface area contributed by atoms with Gasteiger partial charge < -0.3 is 0 Å². The number of rotatable bonds is 3. The molecule has 0 saturated heterocycles. The molecule has 1 aromatic heterocycles. The summed E-state index contributed by atoms with van der Waals surface area (Å²) in [6, 6.07) is 3.79. The van der Waals surface area contributed by atoms with Gasteiger partial charge >= 0.3 is 0 Å². The molecule has 0 aliphatic heterocycles. The average molecular weight is 163 g/mol. The van der Waals surface area contributed by atoms with Crippen molar-refractivity contribution in [2.24, 2.45) is 0 Å². The van der Waals surface area contributed by atoms with Gasteiger partial charge in [0.25, 0.3) is 0 Å². The Hall–Kier alpha value is -1.18. The zero-order valence-electron chi connectivity index (χ0n) is 7.45. The van der Waals surface area contributed by atoms with Crippen LogP contribution < -0.4 is 0 Å². The molecule has 0 spiro atoms. The van der Waals surface area contributed by atoms with Gasteiger partial charge in [0, 0.05) is 24.7 Å². The van der Waals surface area contributed by atoms with Crippen molar-refractivity contribution < 1.29 is 4.79 Å². The molecule has 0 fully saturated rings. The van der Waals surface area contributed by atoms with Crippen molar-refractivity contribution in [3.63, 3.8) is 0 Å². The minimum Gasteiger partial charge on any atom is -0.299 e. The third-order valence-corrected chi connectivity index (χ3v) is 2.02. The highest BCUT2D eigenvalue weighted by Crippen LogP contribution is 2.15. The Kier molecular flexibility index (Phi) is 2.97. The van der Waals surface area contributed by atoms with Crippen molar-refractivity contribution in [1.82, 2.24) is 4.98 Å². The molecule has 1 aromatic rings. The lowest BCUT2D eigenvalue weighted by Crippen LogP contribution is -2.07. The van der Waals surface area contributed by atoms with Crippen LogP contribution in [0.4, 0.5) is 0 Å². The number of nitrogens with zero attached hydrogens (tertiary/aromatic N) is 1. The van der Waals surface area contributed by atoms with E-state index in [-0.39, 0.29) is 11.7 Å². The molecule has 0 amide bonds. The molecule has 2 heteroatoms. The van der Waals surface area contributed by atoms with Crippen molar-refractivity contribution in [3.05, 3.63) is 30.1 Å². The monoisotopic (exact) mass is 163 g/mol. The smallest absolute Gasteiger partial charge is 0.139 e. The summed E-state index contributed by atoms with van der Waals surface area (Å²) in [5.41, 5.74) is 1.00. The molecule has 0 aliphatic carbocycles. The number of ketones is 1. The molecule has 1 rings (SSSR count). The summed E-state index contributed by atoms with van der Waals surface area (Å²) in [6.45, 7) is 3.80. The third-order valence-electron chi connectivity index (χ3n) is 2.02. The van der Waals surface area contributed by atoms with E-state index in [0.717, 1.165) is 5.56 Å². The normalized spacial score (nSPS) is 12.5. The van der Waals surface area contributed by atoms with Gasteiger partial charge in [0.05, 0.1) is 0 Å². The molecule has 12 heavy (non-hydrogen) atoms. The number of pyridine rings is 1. The molecule has 64 valence electrons. The zero-order valence-corrected chi connectivity index (χ0v) is 7.45. The van der Waals surface area contributed by atoms with E-state index in [1.165, 1.54) is 0 Å². The molecule has 1 unspecified atom stereocenters. The molecule has 1 heterocycles. The number of Topliss-reactive ketones (excluding diaryl/α,β-unsaturated/α-hetero) is 1. The van der Waals surface area contributed by atoms with Crippen LogP contribution in [0.1, 0.15) is 31.7 Å². The summed E-state index contributed by atoms with van der Waals surface area (Å²) in [6.07, 6.45) is 4.06. The maximum absolute atomic E-state index is 11.3. The molecule has 0 aromatic carbocycles. The second-order valence-corrected chi connectivity index (χ2v) is 2.83. The molecule has 0 radical (unpaired) electrons. The highest BCUT2D eigenvalue weighted by Gasteiger charge is 2.12. The summed E-state index contributed by atoms with van der Waals surface area (Å²) in [5.74, 6) is 0.256. The Labute approximate surface area is 72.6 Å². The predicted octanol–water partition coefficient (Wildman–Crippen LogP) is 2.16. The number of hydrogen-bond acceptors (Lipinski definition) is 2. The van der Waals surface area contributed by atoms with Gasteiger partial charge in [-0.2, -0.15) is 0 Å². The Morgan fingerprint density at radius 2 is 2.42 bits per heavy atom. The first-order valence-corrected chi connectivity index (χ1v) is 4.18. The molecule has 0 bridgehead atoms. The predicted molar refractivity (Wildman–Crippen MR) is 48.0 cm³/mol. The fourth-order valence-electron chi connectivity index (χ4n) is 1.12. The number of hydrogen-bond donors (Lipinski definition) is 0. The van der Waals surface area contributed by atoms with Crippen molar-refractivity contribution in [2.75, 3.05) is 0 Å². The lowest BCUT2D eigenvalue weighted by Gasteiger charge is -2.07. The first-order valence-electron chi connectivity index (χ1n) is 4.18. The lowest BCUT2D eigenvalue weighted by molar-refractivity contribution is -0.119. The van der Waals surface area contributed by atoms with E-state index in [2.05, 4.69) is 4.98 Å². The van der Waals surface area contributed by atoms with Crippen molar-refractivity contribution in [1.29, 1.82) is 0 Å². The quantitative estimate of drug-likeness (QED) is 0.683. The molecule has 1 atom stereocenters. The Morgan fingerprint density at radius 1 is 1.67 bits per heavy atom. The van der Waals surface area contributed by atoms with Crippen LogP contribution >= 0.6 is 0 Å². The largest absolute Gasteiger partial charge is 0.299 e. The van der Waals surface area contributed by atoms with E-state index in [0.29, 0.717) is 6.42 Å². The van der Waals surface area contributed by atoms with Gasteiger partial charge in [0.1, 0.15) is 5.78 Å². The summed E-state index contributed by atoms with van der Waals surface area (Å²) >= 11 is 0. The van der Waals surface area contributed by atoms with E-state index >= 15 is 0 Å². The topological polar surface area (TPSA) is 30.0 Å². The van der Waals surface area contributed by atoms with E-state index in [1.54, 1.807) is 12.4 Å². The van der Waals surface area contributed by atoms with Crippen molar-refractivity contribution in [3.8, 4) is 0 Å². The zero-order chi connectivity index (χ0) is 8.97. The highest BCUT2D eigenvalue weighted by molar-refractivity contribution is 5.84. The molecule has 0 aliphatic rings. The fourth-order valence-corrected chi connectivity index (χ4v) is 1.12. The standard InChI is InChI=1S/C10H13NO/c1-3-10(12)8(2)9-5-4-6-11-7-9/h4-8H,3H2,1-2H3. The van der Waals surface area contributed by atoms with Crippen LogP contribution in [0.3, 0.4) is 0 Å². The summed E-state index contributed by atoms with van der Waals surface area (Å²) in [4.78, 5) is 15.3. The Morgan fingerprint density at radius 3 is 2.92 bits per heavy atom. The summed E-state index contributed by atoms with van der Waals surface area (Å²) < 4.78 is 0. The second-order valence-electron chi connectivity index (χ2n) is 2.83. The minimum atomic E-state index is -0.0105. The van der Waals surface area contributed by atoms with Crippen molar-refractivity contribution in [2.45, 2.75) is 26.2 Å². The van der Waals surface area contributed by atoms with Gasteiger partial charge in [-0.05, 0) is 11.6 Å². The summed E-state index contributed by atoms with van der Waals surface area (Å²) in [5, 5.41) is 0. The van der Waals surface area contributed by atoms with Crippen LogP contribution in [0, 0.1) is 0 Å². The second kappa shape index (κ2) is 4.00. The average Bonchev–Trinajstić information content (AvgIpc) is 2.17. The van der Waals surface area contributed by atoms with E-state index in [1.807, 2.05) is 26.0 Å². The van der Waals surface area contributed by atoms with Crippen molar-refractivity contribution >= 4 is 5.78 Å². The minimum absolute atomic E-state index is 0.0105. The van der Waals surface area contributed by atoms with Gasteiger partial charge in [-0.3, -0.25) is 9.78 Å². The molecule has 0 N–H and O–H groups in total. The van der Waals surface area contributed by atoms with Crippen LogP contribution in [-0.2, 0) is 4.79 Å². The van der Waals surface area contributed by atoms with Gasteiger partial charge in [0.2, 0.25) is 0 Å². The fraction of sp³-hybridized carbons (Fsp3) is 0.400. The Balaban J connectivity index is 2.78. The van der Waals surface area contributed by atoms with Crippen LogP contribution in [0.2, 0.25) is 0 Å². The highest BCUT2D eigenvalue weighted by atomic mass is 16.1. The van der Waals surface area contributed by atoms with Gasteiger partial charge in [-0.1, -0.05) is 19.9 Å². The van der Waals surface area contributed by atoms with Crippen LogP contribution in [0.25, 0.3) is 0 Å². The molecule has 2 nitrogen and oxygen atoms in total. The van der Waals surface area contributed by atoms with E-state index < -0.39 is 0 Å². The van der Waals surface area contributed by atoms with Crippen LogP contribution in [-0.4, -0.2) is 10.8 Å². The maximum atomic E-state index is 11.3.